The standard InChI is InChI=1S/C19H18F2N2O5S/c20-13-4-3-5-14(21)18(13)29(25,26)23-10-8-22(9-11-23)19(24)17-12-27-15-6-1-2-7-16(15)28-17/h1-7,17H,8-12H2. The molecule has 1 saturated heterocycles. The van der Waals surface area contributed by atoms with Crippen molar-refractivity contribution in [3.63, 3.8) is 0 Å². The predicted molar refractivity (Wildman–Crippen MR) is 98.0 cm³/mol. The molecule has 0 bridgehead atoms. The van der Waals surface area contributed by atoms with Gasteiger partial charge >= 0.3 is 0 Å². The van der Waals surface area contributed by atoms with Crippen molar-refractivity contribution in [3.8, 4) is 11.5 Å². The van der Waals surface area contributed by atoms with Gasteiger partial charge in [0.05, 0.1) is 0 Å². The summed E-state index contributed by atoms with van der Waals surface area (Å²) >= 11 is 0. The fourth-order valence-corrected chi connectivity index (χ4v) is 4.88. The molecule has 0 N–H and O–H groups in total. The first-order valence-electron chi connectivity index (χ1n) is 8.99. The van der Waals surface area contributed by atoms with Crippen molar-refractivity contribution in [2.45, 2.75) is 11.0 Å². The molecule has 1 amide bonds. The van der Waals surface area contributed by atoms with Gasteiger partial charge in [0.15, 0.2) is 16.4 Å². The summed E-state index contributed by atoms with van der Waals surface area (Å²) in [6.45, 7) is 0.0537. The van der Waals surface area contributed by atoms with Gasteiger partial charge in [-0.2, -0.15) is 4.31 Å². The van der Waals surface area contributed by atoms with Crippen molar-refractivity contribution in [2.24, 2.45) is 0 Å². The van der Waals surface area contributed by atoms with E-state index in [0.29, 0.717) is 11.5 Å². The lowest BCUT2D eigenvalue weighted by Gasteiger charge is -2.36. The van der Waals surface area contributed by atoms with E-state index in [4.69, 9.17) is 9.47 Å². The number of para-hydroxylation sites is 2. The molecule has 4 rings (SSSR count). The van der Waals surface area contributed by atoms with E-state index in [1.165, 1.54) is 4.90 Å². The van der Waals surface area contributed by atoms with Gasteiger partial charge in [-0.25, -0.2) is 17.2 Å². The van der Waals surface area contributed by atoms with Crippen LogP contribution in [0.1, 0.15) is 0 Å². The summed E-state index contributed by atoms with van der Waals surface area (Å²) in [4.78, 5) is 13.2. The summed E-state index contributed by atoms with van der Waals surface area (Å²) in [5.41, 5.74) is 0. The maximum absolute atomic E-state index is 13.9. The fourth-order valence-electron chi connectivity index (χ4n) is 3.35. The Hall–Kier alpha value is -2.72. The molecule has 7 nitrogen and oxygen atoms in total. The number of fused-ring (bicyclic) bond motifs is 1. The van der Waals surface area contributed by atoms with Gasteiger partial charge in [-0.15, -0.1) is 0 Å². The first-order chi connectivity index (χ1) is 13.9. The summed E-state index contributed by atoms with van der Waals surface area (Å²) in [7, 11) is -4.35. The van der Waals surface area contributed by atoms with Gasteiger partial charge in [-0.3, -0.25) is 4.79 Å². The number of hydrogen-bond acceptors (Lipinski definition) is 5. The Morgan fingerprint density at radius 2 is 1.55 bits per heavy atom. The molecule has 29 heavy (non-hydrogen) atoms. The summed E-state index contributed by atoms with van der Waals surface area (Å²) in [6.07, 6.45) is -0.836. The second-order valence-electron chi connectivity index (χ2n) is 6.64. The number of sulfonamides is 1. The molecular weight excluding hydrogens is 406 g/mol. The number of amides is 1. The topological polar surface area (TPSA) is 76.2 Å². The quantitative estimate of drug-likeness (QED) is 0.749. The van der Waals surface area contributed by atoms with Crippen molar-refractivity contribution >= 4 is 15.9 Å². The van der Waals surface area contributed by atoms with Crippen LogP contribution in [-0.4, -0.2) is 62.4 Å². The Kier molecular flexibility index (Phi) is 5.13. The van der Waals surface area contributed by atoms with Crippen LogP contribution in [0.2, 0.25) is 0 Å². The van der Waals surface area contributed by atoms with E-state index >= 15 is 0 Å². The number of piperazine rings is 1. The molecule has 0 aliphatic carbocycles. The van der Waals surface area contributed by atoms with Gasteiger partial charge in [-0.05, 0) is 24.3 Å². The Bertz CT molecular complexity index is 1020. The fraction of sp³-hybridized carbons (Fsp3) is 0.316. The smallest absolute Gasteiger partial charge is 0.267 e. The zero-order valence-corrected chi connectivity index (χ0v) is 16.1. The largest absolute Gasteiger partial charge is 0.485 e. The van der Waals surface area contributed by atoms with Crippen LogP contribution in [0.15, 0.2) is 47.4 Å². The molecule has 1 fully saturated rings. The minimum absolute atomic E-state index is 0.0504. The van der Waals surface area contributed by atoms with E-state index < -0.39 is 32.7 Å². The van der Waals surface area contributed by atoms with Crippen LogP contribution in [0, 0.1) is 11.6 Å². The molecule has 2 aromatic carbocycles. The Morgan fingerprint density at radius 1 is 0.931 bits per heavy atom. The number of rotatable bonds is 3. The van der Waals surface area contributed by atoms with E-state index in [-0.39, 0.29) is 38.7 Å². The lowest BCUT2D eigenvalue weighted by molar-refractivity contribution is -0.142. The number of carbonyl (C=O) groups excluding carboxylic acids is 1. The van der Waals surface area contributed by atoms with Gasteiger partial charge in [-0.1, -0.05) is 18.2 Å². The average molecular weight is 424 g/mol. The van der Waals surface area contributed by atoms with Crippen LogP contribution in [0.25, 0.3) is 0 Å². The van der Waals surface area contributed by atoms with E-state index in [2.05, 4.69) is 0 Å². The molecule has 1 atom stereocenters. The van der Waals surface area contributed by atoms with Crippen molar-refractivity contribution in [3.05, 3.63) is 54.1 Å². The monoisotopic (exact) mass is 424 g/mol. The van der Waals surface area contributed by atoms with Crippen LogP contribution in [-0.2, 0) is 14.8 Å². The van der Waals surface area contributed by atoms with Crippen LogP contribution in [0.4, 0.5) is 8.78 Å². The van der Waals surface area contributed by atoms with Crippen LogP contribution < -0.4 is 9.47 Å². The molecule has 2 aromatic rings. The molecular formula is C19H18F2N2O5S. The van der Waals surface area contributed by atoms with Crippen LogP contribution in [0.5, 0.6) is 11.5 Å². The maximum Gasteiger partial charge on any atom is 0.267 e. The highest BCUT2D eigenvalue weighted by Crippen LogP contribution is 2.31. The zero-order chi connectivity index (χ0) is 20.6. The summed E-state index contributed by atoms with van der Waals surface area (Å²) in [5, 5.41) is 0. The highest BCUT2D eigenvalue weighted by molar-refractivity contribution is 7.89. The number of nitrogens with zero attached hydrogens (tertiary/aromatic N) is 2. The lowest BCUT2D eigenvalue weighted by atomic mass is 10.2. The molecule has 0 radical (unpaired) electrons. The van der Waals surface area contributed by atoms with Gasteiger partial charge in [0.2, 0.25) is 16.1 Å². The zero-order valence-electron chi connectivity index (χ0n) is 15.3. The molecule has 0 aromatic heterocycles. The molecule has 2 heterocycles. The maximum atomic E-state index is 13.9. The minimum Gasteiger partial charge on any atom is -0.485 e. The van der Waals surface area contributed by atoms with Crippen molar-refractivity contribution in [1.82, 2.24) is 9.21 Å². The van der Waals surface area contributed by atoms with E-state index in [1.807, 2.05) is 0 Å². The average Bonchev–Trinajstić information content (AvgIpc) is 2.72. The van der Waals surface area contributed by atoms with Crippen molar-refractivity contribution in [2.75, 3.05) is 32.8 Å². The minimum atomic E-state index is -4.35. The van der Waals surface area contributed by atoms with E-state index in [9.17, 15) is 22.0 Å². The molecule has 2 aliphatic rings. The van der Waals surface area contributed by atoms with E-state index in [1.54, 1.807) is 24.3 Å². The van der Waals surface area contributed by atoms with Crippen molar-refractivity contribution < 1.29 is 31.5 Å². The second-order valence-corrected chi connectivity index (χ2v) is 8.52. The van der Waals surface area contributed by atoms with Gasteiger partial charge in [0, 0.05) is 26.2 Å². The molecule has 154 valence electrons. The van der Waals surface area contributed by atoms with Crippen LogP contribution >= 0.6 is 0 Å². The second kappa shape index (κ2) is 7.60. The number of halogens is 2. The molecule has 0 saturated carbocycles. The molecule has 10 heteroatoms. The van der Waals surface area contributed by atoms with E-state index in [0.717, 1.165) is 22.5 Å². The number of carbonyl (C=O) groups is 1. The summed E-state index contributed by atoms with van der Waals surface area (Å²) < 4.78 is 65.4. The highest BCUT2D eigenvalue weighted by Gasteiger charge is 2.37. The van der Waals surface area contributed by atoms with Gasteiger partial charge in [0.1, 0.15) is 18.2 Å². The lowest BCUT2D eigenvalue weighted by Crippen LogP contribution is -2.55. The predicted octanol–water partition coefficient (Wildman–Crippen LogP) is 1.64. The Morgan fingerprint density at radius 3 is 2.21 bits per heavy atom. The number of benzene rings is 2. The third kappa shape index (κ3) is 3.65. The summed E-state index contributed by atoms with van der Waals surface area (Å²) in [6, 6.07) is 9.89. The third-order valence-corrected chi connectivity index (χ3v) is 6.80. The number of hydrogen-bond donors (Lipinski definition) is 0. The molecule has 2 aliphatic heterocycles. The molecule has 1 unspecified atom stereocenters. The normalized spacial score (nSPS) is 19.8. The summed E-state index contributed by atoms with van der Waals surface area (Å²) in [5.74, 6) is -1.59. The Balaban J connectivity index is 1.43. The first kappa shape index (κ1) is 19.6. The van der Waals surface area contributed by atoms with Gasteiger partial charge in [0.25, 0.3) is 5.91 Å². The first-order valence-corrected chi connectivity index (χ1v) is 10.4. The van der Waals surface area contributed by atoms with Crippen LogP contribution in [0.3, 0.4) is 0 Å². The highest BCUT2D eigenvalue weighted by atomic mass is 32.2. The third-order valence-electron chi connectivity index (χ3n) is 4.85. The van der Waals surface area contributed by atoms with Crippen molar-refractivity contribution in [1.29, 1.82) is 0 Å². The Labute approximate surface area is 166 Å². The van der Waals surface area contributed by atoms with Gasteiger partial charge < -0.3 is 14.4 Å². The SMILES string of the molecule is O=C(C1COc2ccccc2O1)N1CCN(S(=O)(=O)c2c(F)cccc2F)CC1. The number of ether oxygens (including phenoxy) is 2. The molecule has 0 spiro atoms.